The molecule has 1 N–H and O–H groups in total. The van der Waals surface area contributed by atoms with E-state index < -0.39 is 0 Å². The number of carbonyl (C=O) groups is 1. The van der Waals surface area contributed by atoms with Gasteiger partial charge in [0, 0.05) is 31.2 Å². The Kier molecular flexibility index (Phi) is 6.55. The molecule has 3 aromatic carbocycles. The maximum Gasteiger partial charge on any atom is 0.256 e. The number of benzene rings is 3. The van der Waals surface area contributed by atoms with Crippen LogP contribution in [0.25, 0.3) is 22.1 Å². The maximum absolute atomic E-state index is 13.6. The monoisotopic (exact) mass is 573 g/mol. The number of likely N-dealkylation sites (tertiary alicyclic amines) is 1. The molecule has 0 spiro atoms. The van der Waals surface area contributed by atoms with Crippen LogP contribution >= 0.6 is 0 Å². The number of para-hydroxylation sites is 3. The lowest BCUT2D eigenvalue weighted by Gasteiger charge is -2.45. The lowest BCUT2D eigenvalue weighted by atomic mass is 9.70. The van der Waals surface area contributed by atoms with Gasteiger partial charge >= 0.3 is 0 Å². The molecule has 8 rings (SSSR count). The van der Waals surface area contributed by atoms with Crippen molar-refractivity contribution in [2.75, 3.05) is 19.6 Å². The third kappa shape index (κ3) is 4.54. The maximum atomic E-state index is 13.6. The van der Waals surface area contributed by atoms with E-state index in [0.717, 1.165) is 61.3 Å². The second-order valence-corrected chi connectivity index (χ2v) is 13.0. The summed E-state index contributed by atoms with van der Waals surface area (Å²) >= 11 is 0. The van der Waals surface area contributed by atoms with Crippen molar-refractivity contribution in [3.63, 3.8) is 0 Å². The van der Waals surface area contributed by atoms with Crippen LogP contribution in [0.3, 0.4) is 0 Å². The third-order valence-corrected chi connectivity index (χ3v) is 10.8. The zero-order valence-corrected chi connectivity index (χ0v) is 24.8. The normalized spacial score (nSPS) is 23.7. The molecule has 3 atom stereocenters. The Bertz CT molecular complexity index is 1750. The van der Waals surface area contributed by atoms with Crippen molar-refractivity contribution < 1.29 is 4.79 Å². The van der Waals surface area contributed by atoms with Gasteiger partial charge in [0.05, 0.1) is 22.1 Å². The number of aromatic nitrogens is 5. The van der Waals surface area contributed by atoms with E-state index in [2.05, 4.69) is 86.4 Å². The molecule has 0 unspecified atom stereocenters. The Morgan fingerprint density at radius 2 is 1.60 bits per heavy atom. The van der Waals surface area contributed by atoms with Gasteiger partial charge in [0.15, 0.2) is 0 Å². The number of hydrogen-bond donors (Lipinski definition) is 1. The van der Waals surface area contributed by atoms with Crippen molar-refractivity contribution in [3.8, 4) is 0 Å². The predicted molar refractivity (Wildman–Crippen MR) is 168 cm³/mol. The number of nitrogens with one attached hydrogen (secondary N) is 1. The predicted octanol–water partition coefficient (Wildman–Crippen LogP) is 6.05. The van der Waals surface area contributed by atoms with E-state index in [-0.39, 0.29) is 11.3 Å². The molecule has 220 valence electrons. The van der Waals surface area contributed by atoms with Gasteiger partial charge in [-0.2, -0.15) is 0 Å². The van der Waals surface area contributed by atoms with Crippen LogP contribution < -0.4 is 0 Å². The number of hydrogen-bond acceptors (Lipinski definition) is 5. The lowest BCUT2D eigenvalue weighted by molar-refractivity contribution is 0.0608. The largest absolute Gasteiger partial charge is 0.339 e. The fourth-order valence-electron chi connectivity index (χ4n) is 8.62. The number of fused-ring (bicyclic) bond motifs is 4. The van der Waals surface area contributed by atoms with E-state index in [1.54, 1.807) is 0 Å². The summed E-state index contributed by atoms with van der Waals surface area (Å²) in [4.78, 5) is 23.4. The SMILES string of the molecule is Cc1nc2ccccc2n1[C@H]1C[C@H]2CC[C@@H](C1)N2CCC1(c2ccccc2)CCN(C(=O)c2cccc3nn[nH]c23)CC1. The minimum absolute atomic E-state index is 0.0701. The fourth-order valence-corrected chi connectivity index (χ4v) is 8.62. The quantitative estimate of drug-likeness (QED) is 0.268. The minimum Gasteiger partial charge on any atom is -0.339 e. The van der Waals surface area contributed by atoms with E-state index in [1.807, 2.05) is 23.1 Å². The second kappa shape index (κ2) is 10.6. The van der Waals surface area contributed by atoms with E-state index in [1.165, 1.54) is 36.8 Å². The van der Waals surface area contributed by atoms with Crippen LogP contribution in [0, 0.1) is 6.92 Å². The number of carbonyl (C=O) groups excluding carboxylic acids is 1. The highest BCUT2D eigenvalue weighted by Gasteiger charge is 2.44. The van der Waals surface area contributed by atoms with Crippen molar-refractivity contribution in [2.45, 2.75) is 75.4 Å². The summed E-state index contributed by atoms with van der Waals surface area (Å²) in [5.74, 6) is 1.21. The molecule has 8 heteroatoms. The Labute approximate surface area is 252 Å². The zero-order valence-electron chi connectivity index (χ0n) is 24.8. The zero-order chi connectivity index (χ0) is 29.0. The molecule has 5 heterocycles. The molecule has 43 heavy (non-hydrogen) atoms. The van der Waals surface area contributed by atoms with Gasteiger partial charge in [-0.05, 0) is 93.7 Å². The molecule has 3 fully saturated rings. The number of H-pyrrole nitrogens is 1. The van der Waals surface area contributed by atoms with Crippen LogP contribution in [0.1, 0.15) is 72.7 Å². The number of imidazole rings is 1. The number of nitrogens with zero attached hydrogens (tertiary/aromatic N) is 6. The molecular formula is C35H39N7O. The first-order chi connectivity index (χ1) is 21.1. The first-order valence-corrected chi connectivity index (χ1v) is 15.9. The highest BCUT2D eigenvalue weighted by molar-refractivity contribution is 6.04. The van der Waals surface area contributed by atoms with Gasteiger partial charge in [-0.15, -0.1) is 5.10 Å². The summed E-state index contributed by atoms with van der Waals surface area (Å²) in [5.41, 5.74) is 6.01. The van der Waals surface area contributed by atoms with Crippen LogP contribution in [-0.2, 0) is 5.41 Å². The van der Waals surface area contributed by atoms with Crippen molar-refractivity contribution >= 4 is 28.0 Å². The molecule has 0 saturated carbocycles. The summed E-state index contributed by atoms with van der Waals surface area (Å²) in [6.07, 6.45) is 8.07. The van der Waals surface area contributed by atoms with Crippen LogP contribution in [0.5, 0.6) is 0 Å². The highest BCUT2D eigenvalue weighted by atomic mass is 16.2. The lowest BCUT2D eigenvalue weighted by Crippen LogP contribution is -2.49. The van der Waals surface area contributed by atoms with Crippen molar-refractivity contribution in [3.05, 3.63) is 89.7 Å². The van der Waals surface area contributed by atoms with Crippen molar-refractivity contribution in [2.24, 2.45) is 0 Å². The summed E-state index contributed by atoms with van der Waals surface area (Å²) in [6, 6.07) is 27.1. The van der Waals surface area contributed by atoms with Gasteiger partial charge in [-0.25, -0.2) is 4.98 Å². The number of aryl methyl sites for hydroxylation is 1. The van der Waals surface area contributed by atoms with Crippen LogP contribution in [0.4, 0.5) is 0 Å². The Hall–Kier alpha value is -4.04. The van der Waals surface area contributed by atoms with Gasteiger partial charge < -0.3 is 9.47 Å². The smallest absolute Gasteiger partial charge is 0.256 e. The Morgan fingerprint density at radius 1 is 0.884 bits per heavy atom. The Balaban J connectivity index is 0.990. The van der Waals surface area contributed by atoms with Gasteiger partial charge in [0.1, 0.15) is 11.3 Å². The van der Waals surface area contributed by atoms with Crippen LogP contribution in [-0.4, -0.2) is 72.4 Å². The van der Waals surface area contributed by atoms with Crippen molar-refractivity contribution in [1.82, 2.24) is 34.8 Å². The minimum atomic E-state index is 0.0701. The first kappa shape index (κ1) is 26.6. The highest BCUT2D eigenvalue weighted by Crippen LogP contribution is 2.45. The molecule has 0 aliphatic carbocycles. The molecule has 1 amide bonds. The van der Waals surface area contributed by atoms with Crippen LogP contribution in [0.15, 0.2) is 72.8 Å². The molecular weight excluding hydrogens is 534 g/mol. The van der Waals surface area contributed by atoms with Crippen molar-refractivity contribution in [1.29, 1.82) is 0 Å². The van der Waals surface area contributed by atoms with E-state index in [4.69, 9.17) is 4.98 Å². The van der Waals surface area contributed by atoms with Gasteiger partial charge in [0.25, 0.3) is 5.91 Å². The van der Waals surface area contributed by atoms with Gasteiger partial charge in [-0.3, -0.25) is 14.8 Å². The van der Waals surface area contributed by atoms with E-state index >= 15 is 0 Å². The van der Waals surface area contributed by atoms with E-state index in [0.29, 0.717) is 23.7 Å². The summed E-state index contributed by atoms with van der Waals surface area (Å²) in [7, 11) is 0. The molecule has 2 aromatic heterocycles. The molecule has 0 radical (unpaired) electrons. The molecule has 3 aliphatic rings. The van der Waals surface area contributed by atoms with Gasteiger partial charge in [0.2, 0.25) is 0 Å². The molecule has 3 saturated heterocycles. The number of amides is 1. The standard InChI is InChI=1S/C35H39N7O/c1-24-36-30-11-5-6-13-32(30)42(24)28-22-26-14-15-27(23-28)41(26)21-18-35(25-8-3-2-4-9-25)16-19-40(20-17-35)34(43)29-10-7-12-31-33(29)38-39-37-31/h2-13,26-28H,14-23H2,1H3,(H,37,38,39)/t26-,27+,28+. The van der Waals surface area contributed by atoms with Gasteiger partial charge in [-0.1, -0.05) is 53.7 Å². The second-order valence-electron chi connectivity index (χ2n) is 13.0. The first-order valence-electron chi connectivity index (χ1n) is 15.9. The average molecular weight is 574 g/mol. The Morgan fingerprint density at radius 3 is 2.40 bits per heavy atom. The number of aromatic amines is 1. The molecule has 3 aliphatic heterocycles. The summed E-state index contributed by atoms with van der Waals surface area (Å²) < 4.78 is 2.52. The molecule has 5 aromatic rings. The number of rotatable bonds is 6. The molecule has 2 bridgehead atoms. The fraction of sp³-hybridized carbons (Fsp3) is 0.429. The summed E-state index contributed by atoms with van der Waals surface area (Å²) in [5, 5.41) is 11.0. The average Bonchev–Trinajstić information content (AvgIpc) is 3.73. The topological polar surface area (TPSA) is 82.9 Å². The third-order valence-electron chi connectivity index (χ3n) is 10.8. The molecule has 8 nitrogen and oxygen atoms in total. The number of piperidine rings is 2. The van der Waals surface area contributed by atoms with E-state index in [9.17, 15) is 4.79 Å². The van der Waals surface area contributed by atoms with Crippen LogP contribution in [0.2, 0.25) is 0 Å². The summed E-state index contributed by atoms with van der Waals surface area (Å²) in [6.45, 7) is 4.80.